The summed E-state index contributed by atoms with van der Waals surface area (Å²) >= 11 is 0. The number of anilines is 4. The van der Waals surface area contributed by atoms with Crippen LogP contribution >= 0.6 is 0 Å². The van der Waals surface area contributed by atoms with Crippen LogP contribution in [-0.4, -0.2) is 74.2 Å². The second-order valence-corrected chi connectivity index (χ2v) is 10.4. The van der Waals surface area contributed by atoms with Crippen LogP contribution in [-0.2, 0) is 19.6 Å². The standard InChI is InChI=1S/C22H30N6O4S/c1-16-15-20(26-22(23-16)27-11-13-32-14-12-27)24-18-3-5-19(6-4-18)25-21(29)17-7-9-28(10-8-17)33(2,30)31/h3-6,15,17H,7-14H2,1-2H3,(H,25,29)(H,23,24,26). The predicted octanol–water partition coefficient (Wildman–Crippen LogP) is 1.98. The molecule has 1 aromatic carbocycles. The fraction of sp³-hybridized carbons (Fsp3) is 0.500. The lowest BCUT2D eigenvalue weighted by Gasteiger charge is -2.29. The second-order valence-electron chi connectivity index (χ2n) is 8.42. The number of aryl methyl sites for hydroxylation is 1. The van der Waals surface area contributed by atoms with Crippen LogP contribution in [0.15, 0.2) is 30.3 Å². The summed E-state index contributed by atoms with van der Waals surface area (Å²) in [4.78, 5) is 23.9. The average Bonchev–Trinajstić information content (AvgIpc) is 2.80. The molecule has 10 nitrogen and oxygen atoms in total. The third-order valence-corrected chi connectivity index (χ3v) is 7.16. The van der Waals surface area contributed by atoms with Crippen LogP contribution in [0.1, 0.15) is 18.5 Å². The molecule has 0 unspecified atom stereocenters. The maximum atomic E-state index is 12.6. The van der Waals surface area contributed by atoms with Crippen molar-refractivity contribution in [1.29, 1.82) is 0 Å². The number of rotatable bonds is 6. The number of ether oxygens (including phenoxy) is 1. The summed E-state index contributed by atoms with van der Waals surface area (Å²) in [5.41, 5.74) is 2.42. The minimum atomic E-state index is -3.20. The number of hydrogen-bond donors (Lipinski definition) is 2. The quantitative estimate of drug-likeness (QED) is 0.653. The average molecular weight is 475 g/mol. The number of sulfonamides is 1. The molecule has 2 aliphatic heterocycles. The molecule has 1 aromatic heterocycles. The fourth-order valence-corrected chi connectivity index (χ4v) is 4.87. The van der Waals surface area contributed by atoms with E-state index < -0.39 is 10.0 Å². The van der Waals surface area contributed by atoms with Gasteiger partial charge in [-0.05, 0) is 44.0 Å². The highest BCUT2D eigenvalue weighted by Crippen LogP contribution is 2.23. The monoisotopic (exact) mass is 474 g/mol. The molecular formula is C22H30N6O4S. The Balaban J connectivity index is 1.34. The van der Waals surface area contributed by atoms with Gasteiger partial charge in [0, 0.05) is 55.2 Å². The van der Waals surface area contributed by atoms with Crippen molar-refractivity contribution in [1.82, 2.24) is 14.3 Å². The number of amides is 1. The van der Waals surface area contributed by atoms with Crippen molar-refractivity contribution < 1.29 is 17.9 Å². The van der Waals surface area contributed by atoms with Gasteiger partial charge in [-0.2, -0.15) is 4.98 Å². The number of nitrogens with one attached hydrogen (secondary N) is 2. The zero-order valence-corrected chi connectivity index (χ0v) is 19.8. The molecule has 2 fully saturated rings. The zero-order valence-electron chi connectivity index (χ0n) is 19.0. The Hall–Kier alpha value is -2.76. The smallest absolute Gasteiger partial charge is 0.227 e. The number of carbonyl (C=O) groups excluding carboxylic acids is 1. The van der Waals surface area contributed by atoms with Gasteiger partial charge in [-0.25, -0.2) is 17.7 Å². The van der Waals surface area contributed by atoms with E-state index in [4.69, 9.17) is 4.74 Å². The summed E-state index contributed by atoms with van der Waals surface area (Å²) in [6.07, 6.45) is 2.25. The fourth-order valence-electron chi connectivity index (χ4n) is 4.00. The number of carbonyl (C=O) groups is 1. The highest BCUT2D eigenvalue weighted by Gasteiger charge is 2.28. The molecule has 11 heteroatoms. The summed E-state index contributed by atoms with van der Waals surface area (Å²) in [6.45, 7) is 5.58. The molecule has 4 rings (SSSR count). The Bertz CT molecular complexity index is 1080. The van der Waals surface area contributed by atoms with Crippen molar-refractivity contribution in [3.63, 3.8) is 0 Å². The maximum Gasteiger partial charge on any atom is 0.227 e. The summed E-state index contributed by atoms with van der Waals surface area (Å²) in [5.74, 6) is 1.12. The van der Waals surface area contributed by atoms with E-state index in [0.29, 0.717) is 56.6 Å². The molecular weight excluding hydrogens is 444 g/mol. The Morgan fingerprint density at radius 2 is 1.67 bits per heavy atom. The third-order valence-electron chi connectivity index (χ3n) is 5.85. The van der Waals surface area contributed by atoms with Crippen molar-refractivity contribution >= 4 is 39.1 Å². The van der Waals surface area contributed by atoms with Gasteiger partial charge in [0.05, 0.1) is 19.5 Å². The van der Waals surface area contributed by atoms with Crippen LogP contribution < -0.4 is 15.5 Å². The molecule has 0 radical (unpaired) electrons. The lowest BCUT2D eigenvalue weighted by atomic mass is 9.97. The Morgan fingerprint density at radius 1 is 1.03 bits per heavy atom. The number of hydrogen-bond acceptors (Lipinski definition) is 8. The highest BCUT2D eigenvalue weighted by atomic mass is 32.2. The molecule has 0 saturated carbocycles. The van der Waals surface area contributed by atoms with Crippen LogP contribution in [0, 0.1) is 12.8 Å². The van der Waals surface area contributed by atoms with Crippen LogP contribution in [0.5, 0.6) is 0 Å². The molecule has 0 aliphatic carbocycles. The first-order valence-corrected chi connectivity index (χ1v) is 12.9. The van der Waals surface area contributed by atoms with E-state index >= 15 is 0 Å². The van der Waals surface area contributed by atoms with Gasteiger partial charge in [0.15, 0.2) is 0 Å². The lowest BCUT2D eigenvalue weighted by Crippen LogP contribution is -2.40. The second kappa shape index (κ2) is 10.0. The number of piperidine rings is 1. The van der Waals surface area contributed by atoms with E-state index in [9.17, 15) is 13.2 Å². The topological polar surface area (TPSA) is 117 Å². The molecule has 2 aromatic rings. The Kier molecular flexibility index (Phi) is 7.11. The van der Waals surface area contributed by atoms with Crippen molar-refractivity contribution in [3.8, 4) is 0 Å². The molecule has 2 saturated heterocycles. The molecule has 3 heterocycles. The number of aromatic nitrogens is 2. The third kappa shape index (κ3) is 6.18. The number of morpholine rings is 1. The van der Waals surface area contributed by atoms with E-state index in [0.717, 1.165) is 24.5 Å². The zero-order chi connectivity index (χ0) is 23.4. The van der Waals surface area contributed by atoms with Crippen molar-refractivity contribution in [2.45, 2.75) is 19.8 Å². The molecule has 0 atom stereocenters. The minimum absolute atomic E-state index is 0.0783. The normalized spacial score (nSPS) is 18.2. The first-order chi connectivity index (χ1) is 15.8. The maximum absolute atomic E-state index is 12.6. The lowest BCUT2D eigenvalue weighted by molar-refractivity contribution is -0.120. The molecule has 2 aliphatic rings. The molecule has 178 valence electrons. The summed E-state index contributed by atoms with van der Waals surface area (Å²) in [6, 6.07) is 9.33. The van der Waals surface area contributed by atoms with Gasteiger partial charge in [0.25, 0.3) is 0 Å². The number of benzene rings is 1. The van der Waals surface area contributed by atoms with Crippen LogP contribution in [0.3, 0.4) is 0 Å². The first-order valence-electron chi connectivity index (χ1n) is 11.1. The van der Waals surface area contributed by atoms with Gasteiger partial charge in [-0.3, -0.25) is 4.79 Å². The SMILES string of the molecule is Cc1cc(Nc2ccc(NC(=O)C3CCN(S(C)(=O)=O)CC3)cc2)nc(N2CCOCC2)n1. The van der Waals surface area contributed by atoms with E-state index in [2.05, 4.69) is 25.5 Å². The van der Waals surface area contributed by atoms with Gasteiger partial charge in [-0.1, -0.05) is 0 Å². The highest BCUT2D eigenvalue weighted by molar-refractivity contribution is 7.88. The predicted molar refractivity (Wildman–Crippen MR) is 127 cm³/mol. The minimum Gasteiger partial charge on any atom is -0.378 e. The molecule has 33 heavy (non-hydrogen) atoms. The first kappa shape index (κ1) is 23.4. The summed E-state index contributed by atoms with van der Waals surface area (Å²) in [5, 5.41) is 6.24. The molecule has 2 N–H and O–H groups in total. The molecule has 0 spiro atoms. The van der Waals surface area contributed by atoms with E-state index in [1.54, 1.807) is 0 Å². The van der Waals surface area contributed by atoms with E-state index in [1.165, 1.54) is 10.6 Å². The van der Waals surface area contributed by atoms with Crippen LogP contribution in [0.4, 0.5) is 23.1 Å². The summed E-state index contributed by atoms with van der Waals surface area (Å²) in [7, 11) is -3.20. The van der Waals surface area contributed by atoms with Crippen molar-refractivity contribution in [3.05, 3.63) is 36.0 Å². The van der Waals surface area contributed by atoms with Crippen LogP contribution in [0.25, 0.3) is 0 Å². The van der Waals surface area contributed by atoms with Crippen molar-refractivity contribution in [2.24, 2.45) is 5.92 Å². The van der Waals surface area contributed by atoms with E-state index in [-0.39, 0.29) is 11.8 Å². The Morgan fingerprint density at radius 3 is 2.30 bits per heavy atom. The summed E-state index contributed by atoms with van der Waals surface area (Å²) < 4.78 is 30.1. The number of nitrogens with zero attached hydrogens (tertiary/aromatic N) is 4. The Labute approximate surface area is 194 Å². The van der Waals surface area contributed by atoms with Gasteiger partial charge in [-0.15, -0.1) is 0 Å². The molecule has 1 amide bonds. The largest absolute Gasteiger partial charge is 0.378 e. The van der Waals surface area contributed by atoms with Gasteiger partial charge in [0.2, 0.25) is 21.9 Å². The van der Waals surface area contributed by atoms with Gasteiger partial charge >= 0.3 is 0 Å². The van der Waals surface area contributed by atoms with Gasteiger partial charge in [0.1, 0.15) is 5.82 Å². The molecule has 0 bridgehead atoms. The van der Waals surface area contributed by atoms with E-state index in [1.807, 2.05) is 37.3 Å². The van der Waals surface area contributed by atoms with Gasteiger partial charge < -0.3 is 20.3 Å². The van der Waals surface area contributed by atoms with Crippen molar-refractivity contribution in [2.75, 3.05) is 61.2 Å². The van der Waals surface area contributed by atoms with Crippen LogP contribution in [0.2, 0.25) is 0 Å².